The number of ether oxygens (including phenoxy) is 1. The molecule has 0 amide bonds. The highest BCUT2D eigenvalue weighted by Gasteiger charge is 2.37. The molecular weight excluding hydrogens is 400 g/mol. The number of aliphatic hydroxyl groups is 1. The Balaban J connectivity index is 3.30. The highest BCUT2D eigenvalue weighted by molar-refractivity contribution is 6.74. The van der Waals surface area contributed by atoms with Crippen molar-refractivity contribution in [3.63, 3.8) is 0 Å². The molecule has 0 aromatic rings. The van der Waals surface area contributed by atoms with Crippen LogP contribution < -0.4 is 0 Å². The molecule has 0 aliphatic rings. The minimum atomic E-state index is -1.78. The summed E-state index contributed by atoms with van der Waals surface area (Å²) in [7, 11) is -1.78. The van der Waals surface area contributed by atoms with E-state index in [1.165, 1.54) is 96.3 Å². The van der Waals surface area contributed by atoms with E-state index in [1.807, 2.05) is 0 Å². The van der Waals surface area contributed by atoms with Gasteiger partial charge in [-0.2, -0.15) is 0 Å². The van der Waals surface area contributed by atoms with Gasteiger partial charge < -0.3 is 14.3 Å². The predicted octanol–water partition coefficient (Wildman–Crippen LogP) is 8.65. The second-order valence-electron chi connectivity index (χ2n) is 11.1. The van der Waals surface area contributed by atoms with Crippen LogP contribution in [0.4, 0.5) is 0 Å². The fourth-order valence-corrected chi connectivity index (χ4v) is 4.58. The van der Waals surface area contributed by atoms with Crippen LogP contribution in [0.5, 0.6) is 0 Å². The van der Waals surface area contributed by atoms with Crippen molar-refractivity contribution in [1.29, 1.82) is 0 Å². The summed E-state index contributed by atoms with van der Waals surface area (Å²) in [5, 5.41) is 10.3. The topological polar surface area (TPSA) is 38.7 Å². The quantitative estimate of drug-likeness (QED) is 0.130. The molecule has 0 aromatic heterocycles. The molecular formula is C27H58O3Si. The van der Waals surface area contributed by atoms with Crippen LogP contribution in [0.2, 0.25) is 18.1 Å². The van der Waals surface area contributed by atoms with Crippen molar-refractivity contribution < 1.29 is 14.3 Å². The zero-order valence-electron chi connectivity index (χ0n) is 22.3. The van der Waals surface area contributed by atoms with Gasteiger partial charge in [0, 0.05) is 6.61 Å². The second kappa shape index (κ2) is 19.6. The Labute approximate surface area is 197 Å². The van der Waals surface area contributed by atoms with Crippen LogP contribution >= 0.6 is 0 Å². The molecule has 188 valence electrons. The molecule has 0 fully saturated rings. The van der Waals surface area contributed by atoms with Gasteiger partial charge in [0.2, 0.25) is 0 Å². The smallest absolute Gasteiger partial charge is 0.192 e. The number of hydrogen-bond donors (Lipinski definition) is 1. The summed E-state index contributed by atoms with van der Waals surface area (Å²) >= 11 is 0. The molecule has 0 spiro atoms. The van der Waals surface area contributed by atoms with Crippen LogP contribution in [-0.2, 0) is 9.16 Å². The van der Waals surface area contributed by atoms with E-state index in [-0.39, 0.29) is 5.04 Å². The van der Waals surface area contributed by atoms with E-state index in [2.05, 4.69) is 40.8 Å². The highest BCUT2D eigenvalue weighted by Crippen LogP contribution is 2.36. The molecule has 31 heavy (non-hydrogen) atoms. The molecule has 0 aliphatic heterocycles. The van der Waals surface area contributed by atoms with Gasteiger partial charge in [0.1, 0.15) is 0 Å². The maximum atomic E-state index is 10.1. The van der Waals surface area contributed by atoms with Crippen molar-refractivity contribution in [1.82, 2.24) is 0 Å². The summed E-state index contributed by atoms with van der Waals surface area (Å²) in [6, 6.07) is 0. The van der Waals surface area contributed by atoms with Gasteiger partial charge in [-0.15, -0.1) is 0 Å². The third kappa shape index (κ3) is 19.3. The Hall–Kier alpha value is 0.0969. The van der Waals surface area contributed by atoms with Gasteiger partial charge in [0.15, 0.2) is 8.32 Å². The molecule has 1 atom stereocenters. The zero-order valence-corrected chi connectivity index (χ0v) is 23.3. The molecule has 0 heterocycles. The summed E-state index contributed by atoms with van der Waals surface area (Å²) in [6.45, 7) is 14.9. The van der Waals surface area contributed by atoms with Gasteiger partial charge in [-0.3, -0.25) is 0 Å². The van der Waals surface area contributed by atoms with Crippen molar-refractivity contribution >= 4 is 8.32 Å². The molecule has 0 rings (SSSR count). The number of rotatable bonds is 22. The average Bonchev–Trinajstić information content (AvgIpc) is 2.70. The van der Waals surface area contributed by atoms with Crippen LogP contribution in [0.25, 0.3) is 0 Å². The van der Waals surface area contributed by atoms with Gasteiger partial charge in [-0.1, -0.05) is 124 Å². The van der Waals surface area contributed by atoms with Crippen molar-refractivity contribution in [3.05, 3.63) is 0 Å². The Morgan fingerprint density at radius 1 is 0.645 bits per heavy atom. The lowest BCUT2D eigenvalue weighted by Crippen LogP contribution is -2.43. The summed E-state index contributed by atoms with van der Waals surface area (Å²) in [5.41, 5.74) is 0. The van der Waals surface area contributed by atoms with Crippen molar-refractivity contribution in [2.24, 2.45) is 0 Å². The van der Waals surface area contributed by atoms with E-state index in [0.29, 0.717) is 13.2 Å². The Kier molecular flexibility index (Phi) is 19.6. The SMILES string of the molecule is CCCCCCCCCCCCCCCCCCOCC(O)CO[Si](C)(C)C(C)(C)C. The van der Waals surface area contributed by atoms with Gasteiger partial charge in [0.25, 0.3) is 0 Å². The Morgan fingerprint density at radius 2 is 1.03 bits per heavy atom. The standard InChI is InChI=1S/C27H58O3Si/c1-7-8-9-10-11-12-13-14-15-16-17-18-19-20-21-22-23-29-24-26(28)25-30-31(5,6)27(2,3)4/h26,28H,7-25H2,1-6H3. The lowest BCUT2D eigenvalue weighted by atomic mass is 10.0. The zero-order chi connectivity index (χ0) is 23.4. The van der Waals surface area contributed by atoms with Crippen molar-refractivity contribution in [2.75, 3.05) is 19.8 Å². The lowest BCUT2D eigenvalue weighted by Gasteiger charge is -2.36. The second-order valence-corrected chi connectivity index (χ2v) is 15.9. The highest BCUT2D eigenvalue weighted by atomic mass is 28.4. The molecule has 1 unspecified atom stereocenters. The third-order valence-electron chi connectivity index (χ3n) is 6.90. The number of aliphatic hydroxyl groups excluding tert-OH is 1. The van der Waals surface area contributed by atoms with Gasteiger partial charge in [-0.05, 0) is 24.6 Å². The summed E-state index contributed by atoms with van der Waals surface area (Å²) < 4.78 is 11.7. The van der Waals surface area contributed by atoms with E-state index >= 15 is 0 Å². The first-order chi connectivity index (χ1) is 14.7. The number of unbranched alkanes of at least 4 members (excludes halogenated alkanes) is 15. The van der Waals surface area contributed by atoms with Gasteiger partial charge in [-0.25, -0.2) is 0 Å². The van der Waals surface area contributed by atoms with Crippen molar-refractivity contribution in [3.8, 4) is 0 Å². The molecule has 0 aliphatic carbocycles. The molecule has 1 N–H and O–H groups in total. The van der Waals surface area contributed by atoms with Crippen LogP contribution in [0, 0.1) is 0 Å². The van der Waals surface area contributed by atoms with Crippen LogP contribution in [0.3, 0.4) is 0 Å². The van der Waals surface area contributed by atoms with E-state index in [1.54, 1.807) is 0 Å². The fraction of sp³-hybridized carbons (Fsp3) is 1.00. The van der Waals surface area contributed by atoms with E-state index in [4.69, 9.17) is 9.16 Å². The summed E-state index contributed by atoms with van der Waals surface area (Å²) in [4.78, 5) is 0. The largest absolute Gasteiger partial charge is 0.414 e. The summed E-state index contributed by atoms with van der Waals surface area (Å²) in [6.07, 6.45) is 21.6. The molecule has 3 nitrogen and oxygen atoms in total. The maximum Gasteiger partial charge on any atom is 0.192 e. The van der Waals surface area contributed by atoms with Crippen LogP contribution in [-0.4, -0.2) is 39.3 Å². The van der Waals surface area contributed by atoms with Gasteiger partial charge >= 0.3 is 0 Å². The molecule has 4 heteroatoms. The third-order valence-corrected chi connectivity index (χ3v) is 11.4. The Morgan fingerprint density at radius 3 is 1.42 bits per heavy atom. The van der Waals surface area contributed by atoms with E-state index < -0.39 is 14.4 Å². The molecule has 0 saturated carbocycles. The predicted molar refractivity (Wildman–Crippen MR) is 140 cm³/mol. The monoisotopic (exact) mass is 458 g/mol. The fourth-order valence-electron chi connectivity index (χ4n) is 3.54. The molecule has 0 aromatic carbocycles. The average molecular weight is 459 g/mol. The first-order valence-electron chi connectivity index (χ1n) is 13.6. The Bertz CT molecular complexity index is 379. The number of hydrogen-bond acceptors (Lipinski definition) is 3. The molecule has 0 saturated heterocycles. The van der Waals surface area contributed by atoms with Crippen LogP contribution in [0.1, 0.15) is 130 Å². The van der Waals surface area contributed by atoms with Crippen LogP contribution in [0.15, 0.2) is 0 Å². The lowest BCUT2D eigenvalue weighted by molar-refractivity contribution is 0.00808. The van der Waals surface area contributed by atoms with Gasteiger partial charge in [0.05, 0.1) is 19.3 Å². The minimum Gasteiger partial charge on any atom is -0.414 e. The summed E-state index contributed by atoms with van der Waals surface area (Å²) in [5.74, 6) is 0. The first kappa shape index (κ1) is 31.1. The minimum absolute atomic E-state index is 0.182. The first-order valence-corrected chi connectivity index (χ1v) is 16.5. The maximum absolute atomic E-state index is 10.1. The van der Waals surface area contributed by atoms with E-state index in [0.717, 1.165) is 13.0 Å². The normalized spacial score (nSPS) is 13.6. The molecule has 0 bridgehead atoms. The molecule has 0 radical (unpaired) electrons. The van der Waals surface area contributed by atoms with E-state index in [9.17, 15) is 5.11 Å². The van der Waals surface area contributed by atoms with Crippen molar-refractivity contribution in [2.45, 2.75) is 155 Å².